The molecular weight excluding hydrogens is 507 g/mol. The number of carbonyl (C=O) groups excluding carboxylic acids is 1. The van der Waals surface area contributed by atoms with Gasteiger partial charge in [0.2, 0.25) is 0 Å². The average Bonchev–Trinajstić information content (AvgIpc) is 3.43. The van der Waals surface area contributed by atoms with Gasteiger partial charge < -0.3 is 15.4 Å². The van der Waals surface area contributed by atoms with Gasteiger partial charge in [-0.3, -0.25) is 4.68 Å². The zero-order valence-corrected chi connectivity index (χ0v) is 21.1. The third-order valence-corrected chi connectivity index (χ3v) is 6.57. The maximum absolute atomic E-state index is 13.3. The first-order valence-corrected chi connectivity index (χ1v) is 12.4. The molecule has 2 N–H and O–H groups in total. The summed E-state index contributed by atoms with van der Waals surface area (Å²) in [5.74, 6) is -0.793. The van der Waals surface area contributed by atoms with Crippen molar-refractivity contribution >= 4 is 56.9 Å². The van der Waals surface area contributed by atoms with Crippen molar-refractivity contribution in [2.24, 2.45) is 0 Å². The van der Waals surface area contributed by atoms with E-state index in [0.29, 0.717) is 39.4 Å². The van der Waals surface area contributed by atoms with Gasteiger partial charge in [0.15, 0.2) is 5.11 Å². The fraction of sp³-hybridized carbons (Fsp3) is 0.160. The summed E-state index contributed by atoms with van der Waals surface area (Å²) >= 11 is 13.0. The molecule has 0 atom stereocenters. The van der Waals surface area contributed by atoms with Crippen LogP contribution in [0.15, 0.2) is 67.0 Å². The third-order valence-electron chi connectivity index (χ3n) is 4.97. The average molecular weight is 529 g/mol. The van der Waals surface area contributed by atoms with Crippen molar-refractivity contribution in [3.63, 3.8) is 0 Å². The van der Waals surface area contributed by atoms with Crippen LogP contribution in [0.1, 0.15) is 33.3 Å². The van der Waals surface area contributed by atoms with Gasteiger partial charge in [0.05, 0.1) is 30.6 Å². The Kier molecular flexibility index (Phi) is 8.12. The van der Waals surface area contributed by atoms with Crippen LogP contribution in [-0.4, -0.2) is 27.5 Å². The van der Waals surface area contributed by atoms with Crippen molar-refractivity contribution in [2.45, 2.75) is 19.9 Å². The maximum atomic E-state index is 13.3. The molecule has 2 aromatic carbocycles. The van der Waals surface area contributed by atoms with Gasteiger partial charge in [0.25, 0.3) is 0 Å². The van der Waals surface area contributed by atoms with E-state index in [1.54, 1.807) is 30.1 Å². The van der Waals surface area contributed by atoms with Gasteiger partial charge in [-0.25, -0.2) is 9.18 Å². The van der Waals surface area contributed by atoms with E-state index in [-0.39, 0.29) is 12.4 Å². The van der Waals surface area contributed by atoms with Crippen LogP contribution in [0.5, 0.6) is 0 Å². The first-order valence-electron chi connectivity index (χ1n) is 10.8. The normalized spacial score (nSPS) is 10.7. The van der Waals surface area contributed by atoms with Gasteiger partial charge in [-0.1, -0.05) is 48.0 Å². The highest BCUT2D eigenvalue weighted by molar-refractivity contribution is 7.80. The molecular formula is C25H22ClFN4O2S2. The van der Waals surface area contributed by atoms with Crippen LogP contribution >= 0.6 is 35.2 Å². The summed E-state index contributed by atoms with van der Waals surface area (Å²) in [6.07, 6.45) is 4.07. The molecule has 0 unspecified atom stereocenters. The molecule has 4 rings (SSSR count). The van der Waals surface area contributed by atoms with Crippen molar-refractivity contribution in [1.29, 1.82) is 0 Å². The van der Waals surface area contributed by atoms with E-state index in [1.807, 2.05) is 36.4 Å². The van der Waals surface area contributed by atoms with E-state index in [2.05, 4.69) is 15.7 Å². The number of carbonyl (C=O) groups is 1. The topological polar surface area (TPSA) is 68.2 Å². The lowest BCUT2D eigenvalue weighted by molar-refractivity contribution is 0.0528. The molecule has 35 heavy (non-hydrogen) atoms. The number of anilines is 2. The summed E-state index contributed by atoms with van der Waals surface area (Å²) in [5.41, 5.74) is 2.98. The van der Waals surface area contributed by atoms with E-state index < -0.39 is 5.97 Å². The van der Waals surface area contributed by atoms with Crippen LogP contribution in [0.4, 0.5) is 15.1 Å². The number of thiocarbonyl (C=S) groups is 1. The van der Waals surface area contributed by atoms with Gasteiger partial charge in [-0.05, 0) is 48.5 Å². The fourth-order valence-electron chi connectivity index (χ4n) is 3.38. The van der Waals surface area contributed by atoms with Gasteiger partial charge in [-0.15, -0.1) is 11.3 Å². The van der Waals surface area contributed by atoms with E-state index in [4.69, 9.17) is 28.6 Å². The van der Waals surface area contributed by atoms with Crippen LogP contribution in [-0.2, 0) is 17.7 Å². The van der Waals surface area contributed by atoms with Crippen molar-refractivity contribution < 1.29 is 13.9 Å². The Hall–Kier alpha value is -3.27. The third kappa shape index (κ3) is 6.66. The molecule has 0 fully saturated rings. The molecule has 0 saturated heterocycles. The lowest BCUT2D eigenvalue weighted by Crippen LogP contribution is -2.19. The highest BCUT2D eigenvalue weighted by Crippen LogP contribution is 2.31. The molecule has 2 aromatic heterocycles. The molecule has 180 valence electrons. The molecule has 10 heteroatoms. The molecule has 4 aromatic rings. The van der Waals surface area contributed by atoms with Crippen LogP contribution in [0, 0.1) is 5.82 Å². The molecule has 0 amide bonds. The molecule has 6 nitrogen and oxygen atoms in total. The summed E-state index contributed by atoms with van der Waals surface area (Å²) in [6, 6.07) is 16.1. The van der Waals surface area contributed by atoms with Crippen LogP contribution in [0.2, 0.25) is 5.02 Å². The van der Waals surface area contributed by atoms with E-state index >= 15 is 0 Å². The predicted molar refractivity (Wildman–Crippen MR) is 142 cm³/mol. The van der Waals surface area contributed by atoms with E-state index in [1.165, 1.54) is 23.5 Å². The van der Waals surface area contributed by atoms with Crippen molar-refractivity contribution in [3.8, 4) is 0 Å². The minimum atomic E-state index is -0.405. The molecule has 0 aliphatic rings. The Morgan fingerprint density at radius 3 is 2.74 bits per heavy atom. The van der Waals surface area contributed by atoms with Crippen molar-refractivity contribution in [2.75, 3.05) is 17.2 Å². The predicted octanol–water partition coefficient (Wildman–Crippen LogP) is 6.36. The van der Waals surface area contributed by atoms with Crippen molar-refractivity contribution in [3.05, 3.63) is 99.4 Å². The Bertz CT molecular complexity index is 1340. The largest absolute Gasteiger partial charge is 0.462 e. The van der Waals surface area contributed by atoms with Gasteiger partial charge in [0, 0.05) is 22.5 Å². The Morgan fingerprint density at radius 2 is 2.00 bits per heavy atom. The summed E-state index contributed by atoms with van der Waals surface area (Å²) in [5, 5.41) is 11.7. The number of ether oxygens (including phenoxy) is 1. The Morgan fingerprint density at radius 1 is 1.20 bits per heavy atom. The summed E-state index contributed by atoms with van der Waals surface area (Å²) < 4.78 is 20.2. The number of halogens is 2. The Labute approximate surface area is 216 Å². The van der Waals surface area contributed by atoms with E-state index in [0.717, 1.165) is 16.0 Å². The molecule has 0 radical (unpaired) electrons. The molecule has 0 spiro atoms. The number of benzene rings is 2. The molecule has 0 aliphatic heterocycles. The SMILES string of the molecule is CCOC(=O)c1cc(Cc2ccccc2)sc1NC(=S)Nc1cnn(Cc2ccc(F)cc2Cl)c1. The molecule has 2 heterocycles. The zero-order valence-electron chi connectivity index (χ0n) is 18.8. The number of esters is 1. The van der Waals surface area contributed by atoms with Crippen LogP contribution in [0.25, 0.3) is 0 Å². The fourth-order valence-corrected chi connectivity index (χ4v) is 4.98. The monoisotopic (exact) mass is 528 g/mol. The second-order valence-corrected chi connectivity index (χ2v) is 9.53. The number of rotatable bonds is 8. The zero-order chi connectivity index (χ0) is 24.8. The molecule has 0 aliphatic carbocycles. The minimum Gasteiger partial charge on any atom is -0.462 e. The molecule has 0 saturated carbocycles. The number of thiophene rings is 1. The lowest BCUT2D eigenvalue weighted by atomic mass is 10.1. The first kappa shape index (κ1) is 24.8. The van der Waals surface area contributed by atoms with Gasteiger partial charge in [0.1, 0.15) is 10.8 Å². The minimum absolute atomic E-state index is 0.280. The summed E-state index contributed by atoms with van der Waals surface area (Å²) in [7, 11) is 0. The molecule has 0 bridgehead atoms. The number of hydrogen-bond donors (Lipinski definition) is 2. The summed E-state index contributed by atoms with van der Waals surface area (Å²) in [4.78, 5) is 13.5. The van der Waals surface area contributed by atoms with E-state index in [9.17, 15) is 9.18 Å². The number of nitrogens with zero attached hydrogens (tertiary/aromatic N) is 2. The quantitative estimate of drug-likeness (QED) is 0.205. The second kappa shape index (κ2) is 11.4. The first-order chi connectivity index (χ1) is 16.9. The number of nitrogens with one attached hydrogen (secondary N) is 2. The van der Waals surface area contributed by atoms with Crippen molar-refractivity contribution in [1.82, 2.24) is 9.78 Å². The number of aromatic nitrogens is 2. The standard InChI is InChI=1S/C25H22ClFN4O2S2/c1-2-33-24(32)21-12-20(10-16-6-4-3-5-7-16)35-23(21)30-25(34)29-19-13-28-31(15-19)14-17-8-9-18(27)11-22(17)26/h3-9,11-13,15H,2,10,14H2,1H3,(H2,29,30,34). The van der Waals surface area contributed by atoms with Crippen LogP contribution in [0.3, 0.4) is 0 Å². The van der Waals surface area contributed by atoms with Crippen LogP contribution < -0.4 is 10.6 Å². The smallest absolute Gasteiger partial charge is 0.341 e. The highest BCUT2D eigenvalue weighted by Gasteiger charge is 2.19. The lowest BCUT2D eigenvalue weighted by Gasteiger charge is -2.09. The van der Waals surface area contributed by atoms with Gasteiger partial charge in [-0.2, -0.15) is 5.10 Å². The maximum Gasteiger partial charge on any atom is 0.341 e. The number of hydrogen-bond acceptors (Lipinski definition) is 5. The van der Waals surface area contributed by atoms with Gasteiger partial charge >= 0.3 is 5.97 Å². The second-order valence-electron chi connectivity index (χ2n) is 7.58. The highest BCUT2D eigenvalue weighted by atomic mass is 35.5. The summed E-state index contributed by atoms with van der Waals surface area (Å²) in [6.45, 7) is 2.43. The Balaban J connectivity index is 1.44.